The topological polar surface area (TPSA) is 68.2 Å². The monoisotopic (exact) mass is 444 g/mol. The molecule has 6 nitrogen and oxygen atoms in total. The number of halogens is 1. The van der Waals surface area contributed by atoms with Crippen molar-refractivity contribution in [1.82, 2.24) is 15.0 Å². The average molecular weight is 445 g/mol. The zero-order valence-electron chi connectivity index (χ0n) is 19.0. The highest BCUT2D eigenvalue weighted by Gasteiger charge is 2.29. The van der Waals surface area contributed by atoms with Crippen LogP contribution in [0.4, 0.5) is 15.0 Å². The van der Waals surface area contributed by atoms with E-state index in [0.717, 1.165) is 0 Å². The van der Waals surface area contributed by atoms with Crippen LogP contribution in [0.15, 0.2) is 67.0 Å². The predicted octanol–water partition coefficient (Wildman–Crippen LogP) is 6.26. The molecule has 4 aromatic rings. The molecule has 0 bridgehead atoms. The van der Waals surface area contributed by atoms with Crippen LogP contribution in [-0.4, -0.2) is 33.2 Å². The summed E-state index contributed by atoms with van der Waals surface area (Å²) in [5, 5.41) is 0.582. The standard InChI is InChI=1S/C26H25FN4O2/c1-5-31(25(32)33-26(2,3)4)24-23(21-11-7-9-15-29-21)22(20-10-6-8-14-28-20)18-16-17(27)12-13-19(18)30-24/h6-16H,5H2,1-4H3. The van der Waals surface area contributed by atoms with Crippen LogP contribution in [0.25, 0.3) is 33.4 Å². The summed E-state index contributed by atoms with van der Waals surface area (Å²) in [6.45, 7) is 7.61. The van der Waals surface area contributed by atoms with E-state index in [2.05, 4.69) is 9.97 Å². The Bertz CT molecular complexity index is 1290. The molecule has 33 heavy (non-hydrogen) atoms. The molecular formula is C26H25FN4O2. The summed E-state index contributed by atoms with van der Waals surface area (Å²) in [7, 11) is 0. The maximum Gasteiger partial charge on any atom is 0.416 e. The number of hydrogen-bond donors (Lipinski definition) is 0. The Morgan fingerprint density at radius 3 is 2.15 bits per heavy atom. The number of fused-ring (bicyclic) bond motifs is 1. The lowest BCUT2D eigenvalue weighted by molar-refractivity contribution is 0.0581. The Morgan fingerprint density at radius 2 is 1.61 bits per heavy atom. The third kappa shape index (κ3) is 4.67. The number of pyridine rings is 3. The molecule has 0 N–H and O–H groups in total. The molecule has 4 rings (SSSR count). The summed E-state index contributed by atoms with van der Waals surface area (Å²) < 4.78 is 20.0. The van der Waals surface area contributed by atoms with E-state index in [1.54, 1.807) is 18.5 Å². The van der Waals surface area contributed by atoms with Crippen molar-refractivity contribution in [2.45, 2.75) is 33.3 Å². The van der Waals surface area contributed by atoms with E-state index in [-0.39, 0.29) is 5.82 Å². The molecule has 0 saturated carbocycles. The summed E-state index contributed by atoms with van der Waals surface area (Å²) in [5.74, 6) is -0.00842. The van der Waals surface area contributed by atoms with Gasteiger partial charge < -0.3 is 4.74 Å². The lowest BCUT2D eigenvalue weighted by Gasteiger charge is -2.28. The molecule has 3 heterocycles. The minimum absolute atomic E-state index is 0.316. The third-order valence-electron chi connectivity index (χ3n) is 4.96. The number of amides is 1. The quantitative estimate of drug-likeness (QED) is 0.372. The number of ether oxygens (including phenoxy) is 1. The van der Waals surface area contributed by atoms with Gasteiger partial charge in [0, 0.05) is 29.9 Å². The summed E-state index contributed by atoms with van der Waals surface area (Å²) in [6.07, 6.45) is 2.82. The molecule has 1 aromatic carbocycles. The molecule has 0 spiro atoms. The maximum absolute atomic E-state index is 14.4. The third-order valence-corrected chi connectivity index (χ3v) is 4.96. The Hall–Kier alpha value is -3.87. The molecule has 0 aliphatic heterocycles. The largest absolute Gasteiger partial charge is 0.443 e. The summed E-state index contributed by atoms with van der Waals surface area (Å²) in [4.78, 5) is 28.5. The van der Waals surface area contributed by atoms with Gasteiger partial charge in [-0.2, -0.15) is 0 Å². The number of benzene rings is 1. The van der Waals surface area contributed by atoms with Gasteiger partial charge in [-0.1, -0.05) is 12.1 Å². The van der Waals surface area contributed by atoms with E-state index in [1.165, 1.54) is 17.0 Å². The molecule has 0 unspecified atom stereocenters. The van der Waals surface area contributed by atoms with Gasteiger partial charge in [0.2, 0.25) is 0 Å². The van der Waals surface area contributed by atoms with Gasteiger partial charge in [-0.3, -0.25) is 14.9 Å². The molecule has 0 radical (unpaired) electrons. The Morgan fingerprint density at radius 1 is 0.970 bits per heavy atom. The molecule has 0 atom stereocenters. The van der Waals surface area contributed by atoms with E-state index in [1.807, 2.05) is 64.1 Å². The fourth-order valence-electron chi connectivity index (χ4n) is 3.63. The first-order valence-electron chi connectivity index (χ1n) is 10.7. The molecule has 0 aliphatic rings. The molecule has 1 amide bonds. The number of hydrogen-bond acceptors (Lipinski definition) is 5. The summed E-state index contributed by atoms with van der Waals surface area (Å²) in [6, 6.07) is 15.4. The van der Waals surface area contributed by atoms with Crippen LogP contribution in [0.1, 0.15) is 27.7 Å². The second kappa shape index (κ2) is 8.94. The highest BCUT2D eigenvalue weighted by molar-refractivity contribution is 6.07. The zero-order chi connectivity index (χ0) is 23.6. The first kappa shape index (κ1) is 22.3. The van der Waals surface area contributed by atoms with E-state index in [9.17, 15) is 9.18 Å². The number of aromatic nitrogens is 3. The van der Waals surface area contributed by atoms with E-state index >= 15 is 0 Å². The van der Waals surface area contributed by atoms with Gasteiger partial charge in [-0.15, -0.1) is 0 Å². The molecule has 0 fully saturated rings. The first-order chi connectivity index (χ1) is 15.8. The van der Waals surface area contributed by atoms with Crippen molar-refractivity contribution in [3.05, 3.63) is 72.8 Å². The summed E-state index contributed by atoms with van der Waals surface area (Å²) >= 11 is 0. The molecule has 168 valence electrons. The maximum atomic E-state index is 14.4. The Balaban J connectivity index is 2.10. The van der Waals surface area contributed by atoms with Crippen LogP contribution in [0.5, 0.6) is 0 Å². The van der Waals surface area contributed by atoms with Crippen molar-refractivity contribution < 1.29 is 13.9 Å². The van der Waals surface area contributed by atoms with Crippen LogP contribution < -0.4 is 4.90 Å². The van der Waals surface area contributed by atoms with Crippen molar-refractivity contribution in [1.29, 1.82) is 0 Å². The molecule has 0 saturated heterocycles. The Kier molecular flexibility index (Phi) is 6.05. The van der Waals surface area contributed by atoms with Crippen molar-refractivity contribution >= 4 is 22.8 Å². The fourth-order valence-corrected chi connectivity index (χ4v) is 3.63. The predicted molar refractivity (Wildman–Crippen MR) is 127 cm³/mol. The highest BCUT2D eigenvalue weighted by atomic mass is 19.1. The molecular weight excluding hydrogens is 419 g/mol. The van der Waals surface area contributed by atoms with E-state index in [4.69, 9.17) is 9.72 Å². The molecule has 7 heteroatoms. The van der Waals surface area contributed by atoms with Crippen LogP contribution in [0.3, 0.4) is 0 Å². The molecule has 0 aliphatic carbocycles. The van der Waals surface area contributed by atoms with Crippen molar-refractivity contribution in [3.8, 4) is 22.5 Å². The van der Waals surface area contributed by atoms with Crippen LogP contribution in [0.2, 0.25) is 0 Å². The number of anilines is 1. The van der Waals surface area contributed by atoms with Gasteiger partial charge in [0.1, 0.15) is 17.2 Å². The number of nitrogens with zero attached hydrogens (tertiary/aromatic N) is 4. The fraction of sp³-hybridized carbons (Fsp3) is 0.231. The van der Waals surface area contributed by atoms with E-state index in [0.29, 0.717) is 45.8 Å². The summed E-state index contributed by atoms with van der Waals surface area (Å²) in [5.41, 5.74) is 2.30. The lowest BCUT2D eigenvalue weighted by Crippen LogP contribution is -2.37. The van der Waals surface area contributed by atoms with Crippen molar-refractivity contribution in [2.75, 3.05) is 11.4 Å². The smallest absolute Gasteiger partial charge is 0.416 e. The van der Waals surface area contributed by atoms with Gasteiger partial charge in [0.25, 0.3) is 0 Å². The van der Waals surface area contributed by atoms with Gasteiger partial charge in [-0.05, 0) is 70.2 Å². The SMILES string of the molecule is CCN(C(=O)OC(C)(C)C)c1nc2ccc(F)cc2c(-c2ccccn2)c1-c1ccccn1. The van der Waals surface area contributed by atoms with Gasteiger partial charge in [-0.25, -0.2) is 14.2 Å². The minimum Gasteiger partial charge on any atom is -0.443 e. The second-order valence-electron chi connectivity index (χ2n) is 8.50. The number of carbonyl (C=O) groups is 1. The zero-order valence-corrected chi connectivity index (χ0v) is 19.0. The van der Waals surface area contributed by atoms with Crippen molar-refractivity contribution in [3.63, 3.8) is 0 Å². The molecule has 3 aromatic heterocycles. The Labute approximate surface area is 192 Å². The number of carbonyl (C=O) groups excluding carboxylic acids is 1. The van der Waals surface area contributed by atoms with Crippen molar-refractivity contribution in [2.24, 2.45) is 0 Å². The van der Waals surface area contributed by atoms with E-state index < -0.39 is 11.7 Å². The van der Waals surface area contributed by atoms with Crippen LogP contribution in [0, 0.1) is 5.82 Å². The van der Waals surface area contributed by atoms with Crippen LogP contribution in [-0.2, 0) is 4.74 Å². The van der Waals surface area contributed by atoms with Crippen LogP contribution >= 0.6 is 0 Å². The number of rotatable bonds is 4. The highest BCUT2D eigenvalue weighted by Crippen LogP contribution is 2.42. The first-order valence-corrected chi connectivity index (χ1v) is 10.7. The lowest BCUT2D eigenvalue weighted by atomic mass is 9.96. The normalized spacial score (nSPS) is 11.4. The van der Waals surface area contributed by atoms with Gasteiger partial charge in [0.15, 0.2) is 0 Å². The minimum atomic E-state index is -0.681. The second-order valence-corrected chi connectivity index (χ2v) is 8.50. The average Bonchev–Trinajstić information content (AvgIpc) is 2.79. The van der Waals surface area contributed by atoms with Gasteiger partial charge in [0.05, 0.1) is 22.5 Å². The van der Waals surface area contributed by atoms with Gasteiger partial charge >= 0.3 is 6.09 Å².